The molecule has 0 aliphatic carbocycles. The molecule has 0 spiro atoms. The van der Waals surface area contributed by atoms with Crippen LogP contribution < -0.4 is 0 Å². The molecule has 0 radical (unpaired) electrons. The summed E-state index contributed by atoms with van der Waals surface area (Å²) < 4.78 is 2.80. The van der Waals surface area contributed by atoms with Crippen molar-refractivity contribution in [2.45, 2.75) is 19.3 Å². The molecule has 1 unspecified atom stereocenters. The van der Waals surface area contributed by atoms with Crippen LogP contribution in [-0.4, -0.2) is 21.5 Å². The first kappa shape index (κ1) is 14.6. The van der Waals surface area contributed by atoms with Crippen LogP contribution in [-0.2, 0) is 13.5 Å². The molecule has 1 heterocycles. The molecule has 0 fully saturated rings. The van der Waals surface area contributed by atoms with Gasteiger partial charge in [0, 0.05) is 17.4 Å². The number of aliphatic hydroxyl groups is 1. The van der Waals surface area contributed by atoms with Crippen molar-refractivity contribution in [2.24, 2.45) is 7.05 Å². The van der Waals surface area contributed by atoms with Crippen LogP contribution in [0.25, 0.3) is 0 Å². The summed E-state index contributed by atoms with van der Waals surface area (Å²) in [5.74, 6) is 0.0183. The van der Waals surface area contributed by atoms with Crippen LogP contribution in [0.1, 0.15) is 22.9 Å². The summed E-state index contributed by atoms with van der Waals surface area (Å²) in [4.78, 5) is 0. The molecular weight excluding hydrogens is 328 g/mol. The summed E-state index contributed by atoms with van der Waals surface area (Å²) in [6, 6.07) is 7.98. The van der Waals surface area contributed by atoms with E-state index < -0.39 is 0 Å². The van der Waals surface area contributed by atoms with E-state index >= 15 is 0 Å². The van der Waals surface area contributed by atoms with Crippen molar-refractivity contribution in [3.63, 3.8) is 0 Å². The van der Waals surface area contributed by atoms with Gasteiger partial charge in [0.05, 0.1) is 23.0 Å². The second kappa shape index (κ2) is 6.07. The molecule has 0 aliphatic heterocycles. The zero-order chi connectivity index (χ0) is 14.0. The van der Waals surface area contributed by atoms with Gasteiger partial charge in [-0.3, -0.25) is 4.68 Å². The van der Waals surface area contributed by atoms with E-state index in [1.54, 1.807) is 4.68 Å². The monoisotopic (exact) mass is 342 g/mol. The van der Waals surface area contributed by atoms with Crippen LogP contribution in [0, 0.1) is 6.92 Å². The molecule has 0 saturated heterocycles. The molecule has 0 saturated carbocycles. The van der Waals surface area contributed by atoms with Gasteiger partial charge in [-0.2, -0.15) is 5.10 Å². The number of halogens is 2. The van der Waals surface area contributed by atoms with Crippen LogP contribution in [0.5, 0.6) is 0 Å². The second-order valence-electron chi connectivity index (χ2n) is 4.61. The highest BCUT2D eigenvalue weighted by atomic mass is 79.9. The van der Waals surface area contributed by atoms with Crippen LogP contribution in [0.3, 0.4) is 0 Å². The second-order valence-corrected chi connectivity index (χ2v) is 5.90. The number of hydrogen-bond acceptors (Lipinski definition) is 2. The van der Waals surface area contributed by atoms with E-state index in [9.17, 15) is 5.11 Å². The van der Waals surface area contributed by atoms with E-state index in [0.29, 0.717) is 11.4 Å². The van der Waals surface area contributed by atoms with Crippen molar-refractivity contribution in [2.75, 3.05) is 6.61 Å². The maximum absolute atomic E-state index is 9.63. The van der Waals surface area contributed by atoms with Crippen LogP contribution in [0.15, 0.2) is 28.7 Å². The Morgan fingerprint density at radius 3 is 2.74 bits per heavy atom. The number of hydrogen-bond donors (Lipinski definition) is 1. The summed E-state index contributed by atoms with van der Waals surface area (Å²) in [5, 5.41) is 14.6. The van der Waals surface area contributed by atoms with Gasteiger partial charge in [-0.25, -0.2) is 0 Å². The highest BCUT2D eigenvalue weighted by Crippen LogP contribution is 2.28. The minimum Gasteiger partial charge on any atom is -0.396 e. The van der Waals surface area contributed by atoms with E-state index in [4.69, 9.17) is 11.6 Å². The Morgan fingerprint density at radius 2 is 2.21 bits per heavy atom. The van der Waals surface area contributed by atoms with E-state index in [2.05, 4.69) is 21.0 Å². The quantitative estimate of drug-likeness (QED) is 0.923. The Hall–Kier alpha value is -0.840. The van der Waals surface area contributed by atoms with Crippen molar-refractivity contribution in [3.8, 4) is 0 Å². The fourth-order valence-corrected chi connectivity index (χ4v) is 2.84. The van der Waals surface area contributed by atoms with Gasteiger partial charge in [0.1, 0.15) is 0 Å². The molecule has 2 rings (SSSR count). The molecule has 1 aromatic heterocycles. The van der Waals surface area contributed by atoms with Gasteiger partial charge in [-0.15, -0.1) is 0 Å². The first-order valence-electron chi connectivity index (χ1n) is 6.07. The predicted octanol–water partition coefficient (Wildman–Crippen LogP) is 3.46. The molecule has 1 aromatic carbocycles. The number of rotatable bonds is 4. The average Bonchev–Trinajstić information content (AvgIpc) is 2.61. The molecule has 0 aliphatic rings. The van der Waals surface area contributed by atoms with Gasteiger partial charge in [0.2, 0.25) is 0 Å². The van der Waals surface area contributed by atoms with E-state index in [-0.39, 0.29) is 12.5 Å². The highest BCUT2D eigenvalue weighted by Gasteiger charge is 2.18. The lowest BCUT2D eigenvalue weighted by Crippen LogP contribution is -2.11. The molecule has 102 valence electrons. The molecule has 2 aromatic rings. The molecule has 3 nitrogen and oxygen atoms in total. The van der Waals surface area contributed by atoms with Crippen molar-refractivity contribution >= 4 is 27.5 Å². The molecule has 0 bridgehead atoms. The average molecular weight is 344 g/mol. The van der Waals surface area contributed by atoms with Gasteiger partial charge in [0.25, 0.3) is 0 Å². The molecule has 0 amide bonds. The van der Waals surface area contributed by atoms with Crippen molar-refractivity contribution in [1.82, 2.24) is 9.78 Å². The van der Waals surface area contributed by atoms with Crippen molar-refractivity contribution in [1.29, 1.82) is 0 Å². The highest BCUT2D eigenvalue weighted by molar-refractivity contribution is 9.10. The number of benzene rings is 1. The Bertz CT molecular complexity index is 583. The third-order valence-electron chi connectivity index (χ3n) is 3.24. The smallest absolute Gasteiger partial charge is 0.0847 e. The summed E-state index contributed by atoms with van der Waals surface area (Å²) in [6.45, 7) is 1.97. The Balaban J connectivity index is 2.29. The minimum atomic E-state index is 0.0183. The first-order chi connectivity index (χ1) is 9.02. The predicted molar refractivity (Wildman–Crippen MR) is 80.6 cm³/mol. The lowest BCUT2D eigenvalue weighted by atomic mass is 9.95. The SMILES string of the molecule is Cc1nn(C)c(CC(CO)c2cccc(Br)c2)c1Cl. The standard InChI is InChI=1S/C14H16BrClN2O/c1-9-14(16)13(18(2)17-9)7-11(8-19)10-4-3-5-12(15)6-10/h3-6,11,19H,7-8H2,1-2H3. The summed E-state index contributed by atoms with van der Waals surface area (Å²) in [7, 11) is 1.88. The maximum atomic E-state index is 9.63. The fourth-order valence-electron chi connectivity index (χ4n) is 2.18. The number of aryl methyl sites for hydroxylation is 2. The van der Waals surface area contributed by atoms with Gasteiger partial charge < -0.3 is 5.11 Å². The Morgan fingerprint density at radius 1 is 1.47 bits per heavy atom. The van der Waals surface area contributed by atoms with Crippen LogP contribution in [0.2, 0.25) is 5.02 Å². The summed E-state index contributed by atoms with van der Waals surface area (Å²) in [6.07, 6.45) is 0.670. The minimum absolute atomic E-state index is 0.0183. The number of aromatic nitrogens is 2. The topological polar surface area (TPSA) is 38.0 Å². The molecular formula is C14H16BrClN2O. The van der Waals surface area contributed by atoms with E-state index in [1.807, 2.05) is 38.2 Å². The molecule has 19 heavy (non-hydrogen) atoms. The lowest BCUT2D eigenvalue weighted by Gasteiger charge is -2.15. The van der Waals surface area contributed by atoms with Crippen LogP contribution in [0.4, 0.5) is 0 Å². The number of aliphatic hydroxyl groups excluding tert-OH is 1. The maximum Gasteiger partial charge on any atom is 0.0847 e. The van der Waals surface area contributed by atoms with Gasteiger partial charge in [-0.05, 0) is 31.0 Å². The molecule has 1 atom stereocenters. The Kier molecular flexibility index (Phi) is 4.66. The normalized spacial score (nSPS) is 12.7. The van der Waals surface area contributed by atoms with Crippen molar-refractivity contribution in [3.05, 3.63) is 50.7 Å². The third-order valence-corrected chi connectivity index (χ3v) is 4.23. The lowest BCUT2D eigenvalue weighted by molar-refractivity contribution is 0.263. The van der Waals surface area contributed by atoms with Crippen molar-refractivity contribution < 1.29 is 5.11 Å². The van der Waals surface area contributed by atoms with Crippen LogP contribution >= 0.6 is 27.5 Å². The fraction of sp³-hybridized carbons (Fsp3) is 0.357. The third kappa shape index (κ3) is 3.19. The number of nitrogens with zero attached hydrogens (tertiary/aromatic N) is 2. The molecule has 5 heteroatoms. The molecule has 1 N–H and O–H groups in total. The van der Waals surface area contributed by atoms with Gasteiger partial charge >= 0.3 is 0 Å². The first-order valence-corrected chi connectivity index (χ1v) is 7.24. The zero-order valence-electron chi connectivity index (χ0n) is 10.9. The van der Waals surface area contributed by atoms with E-state index in [1.165, 1.54) is 0 Å². The van der Waals surface area contributed by atoms with E-state index in [0.717, 1.165) is 21.4 Å². The Labute approximate surface area is 126 Å². The zero-order valence-corrected chi connectivity index (χ0v) is 13.2. The van der Waals surface area contributed by atoms with Gasteiger partial charge in [0.15, 0.2) is 0 Å². The largest absolute Gasteiger partial charge is 0.396 e. The van der Waals surface area contributed by atoms with Gasteiger partial charge in [-0.1, -0.05) is 39.7 Å². The summed E-state index contributed by atoms with van der Waals surface area (Å²) in [5.41, 5.74) is 2.87. The summed E-state index contributed by atoms with van der Waals surface area (Å²) >= 11 is 9.71.